The predicted molar refractivity (Wildman–Crippen MR) is 97.7 cm³/mol. The van der Waals surface area contributed by atoms with Crippen LogP contribution in [0.2, 0.25) is 0 Å². The van der Waals surface area contributed by atoms with Crippen molar-refractivity contribution in [2.75, 3.05) is 19.0 Å². The number of carbonyl (C=O) groups excluding carboxylic acids is 1. The molecule has 0 bridgehead atoms. The average Bonchev–Trinajstić information content (AvgIpc) is 3.01. The Hall–Kier alpha value is -2.39. The average molecular weight is 381 g/mol. The topological polar surface area (TPSA) is 111 Å². The monoisotopic (exact) mass is 381 g/mol. The third kappa shape index (κ3) is 4.23. The van der Waals surface area contributed by atoms with Gasteiger partial charge in [0.15, 0.2) is 0 Å². The predicted octanol–water partition coefficient (Wildman–Crippen LogP) is 2.56. The molecule has 1 amide bonds. The molecule has 0 unspecified atom stereocenters. The minimum atomic E-state index is -3.75. The van der Waals surface area contributed by atoms with Gasteiger partial charge in [0, 0.05) is 13.5 Å². The fraction of sp³-hybridized carbons (Fsp3) is 0.412. The zero-order valence-corrected chi connectivity index (χ0v) is 16.1. The number of ether oxygens (including phenoxy) is 1. The van der Waals surface area contributed by atoms with E-state index in [0.717, 1.165) is 0 Å². The number of rotatable bonds is 8. The summed E-state index contributed by atoms with van der Waals surface area (Å²) in [5.74, 6) is 0.105. The van der Waals surface area contributed by atoms with E-state index in [9.17, 15) is 13.2 Å². The zero-order valence-electron chi connectivity index (χ0n) is 15.3. The molecule has 8 nitrogen and oxygen atoms in total. The Bertz CT molecular complexity index is 890. The third-order valence-electron chi connectivity index (χ3n) is 3.67. The van der Waals surface area contributed by atoms with Crippen LogP contribution >= 0.6 is 0 Å². The number of amides is 1. The second-order valence-corrected chi connectivity index (χ2v) is 7.37. The summed E-state index contributed by atoms with van der Waals surface area (Å²) in [5, 5.41) is 6.55. The second-order valence-electron chi connectivity index (χ2n) is 5.63. The molecule has 1 aromatic heterocycles. The van der Waals surface area contributed by atoms with Crippen LogP contribution in [-0.2, 0) is 21.2 Å². The first-order valence-electron chi connectivity index (χ1n) is 8.28. The van der Waals surface area contributed by atoms with Crippen molar-refractivity contribution >= 4 is 21.8 Å². The lowest BCUT2D eigenvalue weighted by Crippen LogP contribution is -2.24. The minimum absolute atomic E-state index is 0.0166. The van der Waals surface area contributed by atoms with E-state index < -0.39 is 10.0 Å². The molecular weight excluding hydrogens is 358 g/mol. The summed E-state index contributed by atoms with van der Waals surface area (Å²) in [6, 6.07) is 4.77. The van der Waals surface area contributed by atoms with E-state index in [4.69, 9.17) is 9.26 Å². The molecule has 1 aromatic carbocycles. The van der Waals surface area contributed by atoms with E-state index in [2.05, 4.69) is 15.2 Å². The molecule has 0 saturated carbocycles. The summed E-state index contributed by atoms with van der Waals surface area (Å²) >= 11 is 0. The van der Waals surface area contributed by atoms with Crippen LogP contribution in [0.15, 0.2) is 27.6 Å². The maximum absolute atomic E-state index is 12.6. The van der Waals surface area contributed by atoms with Crippen molar-refractivity contribution in [1.82, 2.24) is 9.88 Å². The molecule has 2 N–H and O–H groups in total. The van der Waals surface area contributed by atoms with Crippen LogP contribution in [-0.4, -0.2) is 33.1 Å². The maximum atomic E-state index is 12.6. The standard InChI is InChI=1S/C17H23N3O5S/c1-5-9-18-26(22,23)15-10-12(7-8-14(15)24-4)16-13(6-2)20-25-17(16)19-11(3)21/h7-8,10,18H,5-6,9H2,1-4H3,(H,19,21). The van der Waals surface area contributed by atoms with E-state index in [1.54, 1.807) is 12.1 Å². The summed E-state index contributed by atoms with van der Waals surface area (Å²) in [5.41, 5.74) is 1.73. The lowest BCUT2D eigenvalue weighted by molar-refractivity contribution is -0.114. The van der Waals surface area contributed by atoms with Gasteiger partial charge >= 0.3 is 0 Å². The SMILES string of the molecule is CCCNS(=O)(=O)c1cc(-c2c(CC)noc2NC(C)=O)ccc1OC. The number of anilines is 1. The molecule has 0 radical (unpaired) electrons. The smallest absolute Gasteiger partial charge is 0.244 e. The van der Waals surface area contributed by atoms with E-state index in [-0.39, 0.29) is 22.4 Å². The molecule has 0 atom stereocenters. The third-order valence-corrected chi connectivity index (χ3v) is 5.15. The van der Waals surface area contributed by atoms with Gasteiger partial charge in [0.1, 0.15) is 10.6 Å². The highest BCUT2D eigenvalue weighted by Gasteiger charge is 2.23. The molecule has 0 fully saturated rings. The molecule has 0 aliphatic carbocycles. The Balaban J connectivity index is 2.61. The van der Waals surface area contributed by atoms with Gasteiger partial charge in [0.2, 0.25) is 21.8 Å². The van der Waals surface area contributed by atoms with Crippen LogP contribution in [0.3, 0.4) is 0 Å². The number of hydrogen-bond acceptors (Lipinski definition) is 6. The Morgan fingerprint density at radius 1 is 1.31 bits per heavy atom. The molecule has 2 aromatic rings. The number of benzene rings is 1. The van der Waals surface area contributed by atoms with Crippen molar-refractivity contribution in [2.45, 2.75) is 38.5 Å². The first kappa shape index (κ1) is 19.9. The quantitative estimate of drug-likeness (QED) is 0.727. The summed E-state index contributed by atoms with van der Waals surface area (Å²) < 4.78 is 38.2. The highest BCUT2D eigenvalue weighted by Crippen LogP contribution is 2.36. The first-order valence-corrected chi connectivity index (χ1v) is 9.76. The molecule has 0 spiro atoms. The Morgan fingerprint density at radius 2 is 2.04 bits per heavy atom. The van der Waals surface area contributed by atoms with Crippen LogP contribution < -0.4 is 14.8 Å². The van der Waals surface area contributed by atoms with Gasteiger partial charge in [-0.2, -0.15) is 0 Å². The maximum Gasteiger partial charge on any atom is 0.244 e. The summed E-state index contributed by atoms with van der Waals surface area (Å²) in [6.07, 6.45) is 1.22. The van der Waals surface area contributed by atoms with Crippen molar-refractivity contribution < 1.29 is 22.5 Å². The Morgan fingerprint density at radius 3 is 2.62 bits per heavy atom. The van der Waals surface area contributed by atoms with Crippen LogP contribution in [0.4, 0.5) is 5.88 Å². The normalized spacial score (nSPS) is 11.4. The molecule has 2 rings (SSSR count). The number of aromatic nitrogens is 1. The van der Waals surface area contributed by atoms with Gasteiger partial charge in [-0.15, -0.1) is 0 Å². The van der Waals surface area contributed by atoms with Crippen LogP contribution in [0.5, 0.6) is 5.75 Å². The van der Waals surface area contributed by atoms with Gasteiger partial charge < -0.3 is 9.26 Å². The summed E-state index contributed by atoms with van der Waals surface area (Å²) in [6.45, 7) is 5.44. The highest BCUT2D eigenvalue weighted by molar-refractivity contribution is 7.89. The van der Waals surface area contributed by atoms with Crippen molar-refractivity contribution in [2.24, 2.45) is 0 Å². The van der Waals surface area contributed by atoms with Crippen molar-refractivity contribution in [3.05, 3.63) is 23.9 Å². The van der Waals surface area contributed by atoms with Crippen molar-refractivity contribution in [3.8, 4) is 16.9 Å². The molecule has 0 aliphatic heterocycles. The van der Waals surface area contributed by atoms with Gasteiger partial charge in [0.25, 0.3) is 0 Å². The fourth-order valence-electron chi connectivity index (χ4n) is 2.46. The number of carbonyl (C=O) groups is 1. The highest BCUT2D eigenvalue weighted by atomic mass is 32.2. The second kappa shape index (κ2) is 8.33. The van der Waals surface area contributed by atoms with Gasteiger partial charge in [-0.1, -0.05) is 25.1 Å². The van der Waals surface area contributed by atoms with Gasteiger partial charge in [0.05, 0.1) is 18.4 Å². The summed E-state index contributed by atoms with van der Waals surface area (Å²) in [7, 11) is -2.34. The minimum Gasteiger partial charge on any atom is -0.495 e. The van der Waals surface area contributed by atoms with Crippen LogP contribution in [0, 0.1) is 0 Å². The number of nitrogens with one attached hydrogen (secondary N) is 2. The molecule has 9 heteroatoms. The van der Waals surface area contributed by atoms with Crippen LogP contribution in [0.25, 0.3) is 11.1 Å². The molecule has 0 saturated heterocycles. The van der Waals surface area contributed by atoms with Gasteiger partial charge in [-0.05, 0) is 30.5 Å². The Labute approximate surface area is 153 Å². The molecule has 142 valence electrons. The number of nitrogens with zero attached hydrogens (tertiary/aromatic N) is 1. The fourth-order valence-corrected chi connectivity index (χ4v) is 3.79. The van der Waals surface area contributed by atoms with Crippen molar-refractivity contribution in [1.29, 1.82) is 0 Å². The lowest BCUT2D eigenvalue weighted by atomic mass is 10.0. The number of hydrogen-bond donors (Lipinski definition) is 2. The first-order chi connectivity index (χ1) is 12.3. The molecule has 1 heterocycles. The van der Waals surface area contributed by atoms with Crippen LogP contribution in [0.1, 0.15) is 32.9 Å². The van der Waals surface area contributed by atoms with E-state index in [1.807, 2.05) is 13.8 Å². The molecular formula is C17H23N3O5S. The van der Waals surface area contributed by atoms with E-state index >= 15 is 0 Å². The van der Waals surface area contributed by atoms with E-state index in [0.29, 0.717) is 36.2 Å². The van der Waals surface area contributed by atoms with Gasteiger partial charge in [-0.3, -0.25) is 10.1 Å². The lowest BCUT2D eigenvalue weighted by Gasteiger charge is -2.12. The van der Waals surface area contributed by atoms with Crippen molar-refractivity contribution in [3.63, 3.8) is 0 Å². The molecule has 26 heavy (non-hydrogen) atoms. The summed E-state index contributed by atoms with van der Waals surface area (Å²) in [4.78, 5) is 11.4. The number of methoxy groups -OCH3 is 1. The number of aryl methyl sites for hydroxylation is 1. The molecule has 0 aliphatic rings. The largest absolute Gasteiger partial charge is 0.495 e. The van der Waals surface area contributed by atoms with Gasteiger partial charge in [-0.25, -0.2) is 13.1 Å². The number of sulfonamides is 1. The zero-order chi connectivity index (χ0) is 19.3. The Kier molecular flexibility index (Phi) is 6.38. The van der Waals surface area contributed by atoms with E-state index in [1.165, 1.54) is 20.1 Å².